The van der Waals surface area contributed by atoms with E-state index in [1.807, 2.05) is 12.1 Å². The predicted molar refractivity (Wildman–Crippen MR) is 79.3 cm³/mol. The average molecular weight is 307 g/mol. The zero-order chi connectivity index (χ0) is 15.1. The van der Waals surface area contributed by atoms with Crippen molar-refractivity contribution in [3.05, 3.63) is 65.2 Å². The standard InChI is InChI=1S/C17H13ClF2O/c18-9-2-1-4-13-5-3-6-15(10-13)21-12-14-7-8-16(19)17(20)11-14/h3,5-8,10-11H,2,9,12H2. The highest BCUT2D eigenvalue weighted by atomic mass is 35.5. The van der Waals surface area contributed by atoms with Gasteiger partial charge >= 0.3 is 0 Å². The van der Waals surface area contributed by atoms with Crippen LogP contribution in [0.5, 0.6) is 5.75 Å². The van der Waals surface area contributed by atoms with Crippen molar-refractivity contribution in [2.24, 2.45) is 0 Å². The molecule has 0 atom stereocenters. The molecule has 108 valence electrons. The Morgan fingerprint density at radius 2 is 1.90 bits per heavy atom. The number of benzene rings is 2. The fraction of sp³-hybridized carbons (Fsp3) is 0.176. The quantitative estimate of drug-likeness (QED) is 0.596. The van der Waals surface area contributed by atoms with E-state index in [9.17, 15) is 8.78 Å². The van der Waals surface area contributed by atoms with Gasteiger partial charge in [0.05, 0.1) is 0 Å². The molecule has 0 aromatic heterocycles. The maximum absolute atomic E-state index is 13.1. The fourth-order valence-electron chi connectivity index (χ4n) is 1.67. The van der Waals surface area contributed by atoms with Crippen LogP contribution in [0.15, 0.2) is 42.5 Å². The highest BCUT2D eigenvalue weighted by Gasteiger charge is 2.03. The van der Waals surface area contributed by atoms with Crippen molar-refractivity contribution in [3.8, 4) is 17.6 Å². The number of halogens is 3. The van der Waals surface area contributed by atoms with Gasteiger partial charge in [-0.05, 0) is 35.9 Å². The normalized spacial score (nSPS) is 9.86. The van der Waals surface area contributed by atoms with E-state index >= 15 is 0 Å². The average Bonchev–Trinajstić information content (AvgIpc) is 2.49. The summed E-state index contributed by atoms with van der Waals surface area (Å²) in [5, 5.41) is 0. The van der Waals surface area contributed by atoms with Crippen molar-refractivity contribution < 1.29 is 13.5 Å². The Bertz CT molecular complexity index is 674. The molecule has 0 radical (unpaired) electrons. The van der Waals surface area contributed by atoms with Crippen LogP contribution in [0.25, 0.3) is 0 Å². The van der Waals surface area contributed by atoms with Crippen LogP contribution in [0.4, 0.5) is 8.78 Å². The number of hydrogen-bond acceptors (Lipinski definition) is 1. The van der Waals surface area contributed by atoms with Crippen LogP contribution in [0, 0.1) is 23.5 Å². The molecular formula is C17H13ClF2O. The van der Waals surface area contributed by atoms with Crippen molar-refractivity contribution in [2.75, 3.05) is 5.88 Å². The Morgan fingerprint density at radius 1 is 1.05 bits per heavy atom. The van der Waals surface area contributed by atoms with Gasteiger partial charge in [0.15, 0.2) is 11.6 Å². The summed E-state index contributed by atoms with van der Waals surface area (Å²) >= 11 is 5.56. The van der Waals surface area contributed by atoms with Crippen LogP contribution in [-0.2, 0) is 6.61 Å². The summed E-state index contributed by atoms with van der Waals surface area (Å²) in [5.41, 5.74) is 1.38. The van der Waals surface area contributed by atoms with Crippen molar-refractivity contribution >= 4 is 11.6 Å². The molecule has 0 fully saturated rings. The lowest BCUT2D eigenvalue weighted by Gasteiger charge is -2.07. The van der Waals surface area contributed by atoms with Crippen LogP contribution in [0.1, 0.15) is 17.5 Å². The van der Waals surface area contributed by atoms with Gasteiger partial charge in [0, 0.05) is 17.9 Å². The van der Waals surface area contributed by atoms with Crippen LogP contribution in [0.3, 0.4) is 0 Å². The van der Waals surface area contributed by atoms with Gasteiger partial charge in [0.2, 0.25) is 0 Å². The van der Waals surface area contributed by atoms with Crippen molar-refractivity contribution in [1.82, 2.24) is 0 Å². The minimum atomic E-state index is -0.878. The first-order chi connectivity index (χ1) is 10.2. The third-order valence-electron chi connectivity index (χ3n) is 2.68. The Morgan fingerprint density at radius 3 is 2.67 bits per heavy atom. The molecule has 21 heavy (non-hydrogen) atoms. The topological polar surface area (TPSA) is 9.23 Å². The van der Waals surface area contributed by atoms with Crippen molar-refractivity contribution in [2.45, 2.75) is 13.0 Å². The van der Waals surface area contributed by atoms with Crippen LogP contribution in [0.2, 0.25) is 0 Å². The second-order valence-electron chi connectivity index (χ2n) is 4.31. The van der Waals surface area contributed by atoms with Gasteiger partial charge in [0.25, 0.3) is 0 Å². The molecule has 0 saturated carbocycles. The monoisotopic (exact) mass is 306 g/mol. The molecule has 2 rings (SSSR count). The highest BCUT2D eigenvalue weighted by Crippen LogP contribution is 2.16. The minimum absolute atomic E-state index is 0.162. The Kier molecular flexibility index (Phi) is 5.59. The summed E-state index contributed by atoms with van der Waals surface area (Å²) in [4.78, 5) is 0. The number of rotatable bonds is 4. The molecule has 0 N–H and O–H groups in total. The molecule has 0 bridgehead atoms. The first-order valence-electron chi connectivity index (χ1n) is 6.40. The lowest BCUT2D eigenvalue weighted by Crippen LogP contribution is -1.97. The van der Waals surface area contributed by atoms with E-state index in [1.165, 1.54) is 6.07 Å². The van der Waals surface area contributed by atoms with Crippen molar-refractivity contribution in [3.63, 3.8) is 0 Å². The summed E-state index contributed by atoms with van der Waals surface area (Å²) in [5.74, 6) is 5.29. The Hall–Kier alpha value is -2.05. The van der Waals surface area contributed by atoms with Crippen LogP contribution < -0.4 is 4.74 Å². The number of hydrogen-bond donors (Lipinski definition) is 0. The van der Waals surface area contributed by atoms with E-state index in [2.05, 4.69) is 11.8 Å². The van der Waals surface area contributed by atoms with Gasteiger partial charge in [-0.3, -0.25) is 0 Å². The summed E-state index contributed by atoms with van der Waals surface area (Å²) in [6, 6.07) is 11.0. The van der Waals surface area contributed by atoms with Gasteiger partial charge in [-0.2, -0.15) is 0 Å². The number of alkyl halides is 1. The zero-order valence-electron chi connectivity index (χ0n) is 11.2. The lowest BCUT2D eigenvalue weighted by atomic mass is 10.2. The molecular weight excluding hydrogens is 294 g/mol. The minimum Gasteiger partial charge on any atom is -0.489 e. The van der Waals surface area contributed by atoms with Gasteiger partial charge in [-0.1, -0.05) is 24.0 Å². The molecule has 2 aromatic rings. The first kappa shape index (κ1) is 15.3. The molecule has 0 heterocycles. The second-order valence-corrected chi connectivity index (χ2v) is 4.68. The highest BCUT2D eigenvalue weighted by molar-refractivity contribution is 6.18. The molecule has 0 aliphatic carbocycles. The first-order valence-corrected chi connectivity index (χ1v) is 6.94. The third-order valence-corrected chi connectivity index (χ3v) is 2.86. The maximum atomic E-state index is 13.1. The largest absolute Gasteiger partial charge is 0.489 e. The van der Waals surface area contributed by atoms with E-state index in [0.29, 0.717) is 23.6 Å². The van der Waals surface area contributed by atoms with Gasteiger partial charge < -0.3 is 4.74 Å². The van der Waals surface area contributed by atoms with Gasteiger partial charge in [0.1, 0.15) is 12.4 Å². The molecule has 0 unspecified atom stereocenters. The molecule has 4 heteroatoms. The zero-order valence-corrected chi connectivity index (χ0v) is 12.0. The molecule has 0 aliphatic heterocycles. The predicted octanol–water partition coefficient (Wildman–Crippen LogP) is 4.52. The van der Waals surface area contributed by atoms with Crippen LogP contribution >= 0.6 is 11.6 Å². The summed E-state index contributed by atoms with van der Waals surface area (Å²) in [7, 11) is 0. The molecule has 2 aromatic carbocycles. The maximum Gasteiger partial charge on any atom is 0.159 e. The number of ether oxygens (including phenoxy) is 1. The molecule has 1 nitrogen and oxygen atoms in total. The molecule has 0 aliphatic rings. The smallest absolute Gasteiger partial charge is 0.159 e. The Labute approximate surface area is 127 Å². The fourth-order valence-corrected chi connectivity index (χ4v) is 1.77. The molecule has 0 saturated heterocycles. The summed E-state index contributed by atoms with van der Waals surface area (Å²) in [6.45, 7) is 0.162. The Balaban J connectivity index is 2.01. The van der Waals surface area contributed by atoms with E-state index < -0.39 is 11.6 Å². The summed E-state index contributed by atoms with van der Waals surface area (Å²) in [6.07, 6.45) is 0.626. The summed E-state index contributed by atoms with van der Waals surface area (Å²) < 4.78 is 31.5. The van der Waals surface area contributed by atoms with E-state index in [1.54, 1.807) is 12.1 Å². The van der Waals surface area contributed by atoms with E-state index in [0.717, 1.165) is 17.7 Å². The second kappa shape index (κ2) is 7.66. The third kappa shape index (κ3) is 4.77. The molecule has 0 amide bonds. The van der Waals surface area contributed by atoms with E-state index in [-0.39, 0.29) is 6.61 Å². The van der Waals surface area contributed by atoms with Gasteiger partial charge in [-0.15, -0.1) is 11.6 Å². The van der Waals surface area contributed by atoms with Gasteiger partial charge in [-0.25, -0.2) is 8.78 Å². The SMILES string of the molecule is Fc1ccc(COc2cccc(C#CCCCl)c2)cc1F. The van der Waals surface area contributed by atoms with E-state index in [4.69, 9.17) is 16.3 Å². The van der Waals surface area contributed by atoms with Crippen molar-refractivity contribution in [1.29, 1.82) is 0 Å². The molecule has 0 spiro atoms. The lowest BCUT2D eigenvalue weighted by molar-refractivity contribution is 0.305. The van der Waals surface area contributed by atoms with Crippen LogP contribution in [-0.4, -0.2) is 5.88 Å².